The normalized spacial score (nSPS) is 13.8. The lowest BCUT2D eigenvalue weighted by Crippen LogP contribution is -2.05. The lowest BCUT2D eigenvalue weighted by molar-refractivity contribution is 0.726. The van der Waals surface area contributed by atoms with Gasteiger partial charge in [-0.1, -0.05) is 267 Å². The molecule has 3 aliphatic rings. The standard InChI is InChI=1S/C119H77N7/c1-4-25-73(26-5-1)87-57-51-74-49-50-75(67-98(74)89-36-11-10-35-88(87)89)76-54-61-113-101(68-76)93-40-15-20-47-107(93)125(113)86-34-23-28-82(66-86)119-120-117(81-27-22-33-85(65-81)124-106-46-19-14-39-92(106)102-71-79(55-62-112(102)124)77-52-59-110-99(69-77)90-37-12-17-44-104(90)122(110)83-29-6-2-7-30-83)116-96-58-64-109(95-42-24-43-97(115(95)96)118(116)121-119)126-108-48-21-16-41-94(108)103-72-80(56-63-114(103)126)78-53-60-111-100(70-78)91-38-13-18-45-105(91)123(111)84-31-8-3-9-32-84/h1-22,24-27,29-50,52-56,58-72,87H,23,28,51,57H2/t87-/m0/s1. The predicted molar refractivity (Wildman–Crippen MR) is 526 cm³/mol. The van der Waals surface area contributed by atoms with Gasteiger partial charge in [-0.05, 0) is 244 Å². The van der Waals surface area contributed by atoms with E-state index in [0.29, 0.717) is 5.92 Å². The number of benzene rings is 18. The van der Waals surface area contributed by atoms with Crippen molar-refractivity contribution in [2.24, 2.45) is 0 Å². The Balaban J connectivity index is 0.604. The van der Waals surface area contributed by atoms with Gasteiger partial charge in [0.2, 0.25) is 0 Å². The highest BCUT2D eigenvalue weighted by atomic mass is 15.0. The average molecular weight is 1600 g/mol. The lowest BCUT2D eigenvalue weighted by atomic mass is 9.86. The molecule has 24 aromatic rings. The van der Waals surface area contributed by atoms with Crippen molar-refractivity contribution in [3.8, 4) is 101 Å². The fourth-order valence-corrected chi connectivity index (χ4v) is 22.1. The Labute approximate surface area is 726 Å². The van der Waals surface area contributed by atoms with Gasteiger partial charge in [0.25, 0.3) is 0 Å². The summed E-state index contributed by atoms with van der Waals surface area (Å²) >= 11 is 0. The molecule has 27 rings (SSSR count). The smallest absolute Gasteiger partial charge is 0.156 e. The zero-order valence-electron chi connectivity index (χ0n) is 68.8. The van der Waals surface area contributed by atoms with Crippen LogP contribution >= 0.6 is 0 Å². The van der Waals surface area contributed by atoms with Gasteiger partial charge in [0.1, 0.15) is 0 Å². The molecular weight excluding hydrogens is 1530 g/mol. The third-order valence-electron chi connectivity index (χ3n) is 27.7. The molecule has 0 saturated heterocycles. The second kappa shape index (κ2) is 27.6. The molecule has 0 bridgehead atoms. The van der Waals surface area contributed by atoms with E-state index in [1.165, 1.54) is 143 Å². The van der Waals surface area contributed by atoms with E-state index < -0.39 is 0 Å². The second-order valence-electron chi connectivity index (χ2n) is 34.4. The third-order valence-corrected chi connectivity index (χ3v) is 27.7. The molecule has 0 radical (unpaired) electrons. The van der Waals surface area contributed by atoms with E-state index in [4.69, 9.17) is 9.97 Å². The summed E-state index contributed by atoms with van der Waals surface area (Å²) in [5.74, 6) is 1.07. The van der Waals surface area contributed by atoms with Crippen molar-refractivity contribution in [1.29, 1.82) is 0 Å². The molecule has 588 valence electrons. The van der Waals surface area contributed by atoms with Crippen LogP contribution in [0.3, 0.4) is 0 Å². The topological polar surface area (TPSA) is 50.4 Å². The fourth-order valence-electron chi connectivity index (χ4n) is 22.1. The van der Waals surface area contributed by atoms with Crippen LogP contribution in [0.15, 0.2) is 413 Å². The minimum absolute atomic E-state index is 0.331. The summed E-state index contributed by atoms with van der Waals surface area (Å²) in [6.07, 6.45) is 8.49. The molecule has 0 amide bonds. The van der Waals surface area contributed by atoms with Gasteiger partial charge in [-0.2, -0.15) is 0 Å². The summed E-state index contributed by atoms with van der Waals surface area (Å²) in [6.45, 7) is 0. The maximum Gasteiger partial charge on any atom is 0.156 e. The van der Waals surface area contributed by atoms with Gasteiger partial charge in [0.15, 0.2) is 5.82 Å². The number of hydrogen-bond donors (Lipinski definition) is 0. The number of rotatable bonds is 11. The SMILES string of the molecule is C1=C(c2nc(-c3cccc(-n4c5ccccc5c5cc(-c6ccc7c(c6)c6ccccc6n7-c6ccccc6)ccc54)c3)c3c(n2)-c2cccc4c(-n5c6ccccc6c6cc(-c7ccc8c(c7)c7ccccc7n8-c7ccccc7)ccc65)ccc-3c24)CCC=C1n1c2ccccc2c2cc(-c3ccc4c(c3)-c3ccccc3[C@H](c3ccccc3)CC4)ccc21. The number of nitrogens with zero attached hydrogens (tertiary/aromatic N) is 7. The van der Waals surface area contributed by atoms with E-state index in [9.17, 15) is 0 Å². The quantitative estimate of drug-likeness (QED) is 0.130. The molecule has 0 fully saturated rings. The number of aromatic nitrogens is 7. The van der Waals surface area contributed by atoms with Crippen LogP contribution in [0.1, 0.15) is 47.7 Å². The second-order valence-corrected chi connectivity index (χ2v) is 34.4. The van der Waals surface area contributed by atoms with Crippen molar-refractivity contribution in [1.82, 2.24) is 32.8 Å². The van der Waals surface area contributed by atoms with Crippen molar-refractivity contribution in [2.45, 2.75) is 31.6 Å². The molecule has 7 nitrogen and oxygen atoms in total. The van der Waals surface area contributed by atoms with Gasteiger partial charge in [0.05, 0.1) is 72.2 Å². The minimum Gasteiger partial charge on any atom is -0.310 e. The Morgan fingerprint density at radius 1 is 0.254 bits per heavy atom. The average Bonchev–Trinajstić information content (AvgIpc) is 1.54. The Morgan fingerprint density at radius 3 is 1.22 bits per heavy atom. The van der Waals surface area contributed by atoms with Crippen LogP contribution < -0.4 is 0 Å². The molecule has 0 unspecified atom stereocenters. The van der Waals surface area contributed by atoms with Gasteiger partial charge >= 0.3 is 0 Å². The third kappa shape index (κ3) is 10.6. The maximum atomic E-state index is 6.02. The van der Waals surface area contributed by atoms with Crippen molar-refractivity contribution in [2.75, 3.05) is 0 Å². The Kier molecular flexibility index (Phi) is 15.5. The first-order chi connectivity index (χ1) is 62.5. The molecular formula is C119H77N7. The number of fused-ring (bicyclic) bond motifs is 21. The van der Waals surface area contributed by atoms with Crippen LogP contribution in [-0.2, 0) is 6.42 Å². The van der Waals surface area contributed by atoms with Crippen LogP contribution in [0.5, 0.6) is 0 Å². The first-order valence-electron chi connectivity index (χ1n) is 44.1. The van der Waals surface area contributed by atoms with Crippen LogP contribution in [0.25, 0.3) is 232 Å². The molecule has 6 aromatic heterocycles. The van der Waals surface area contributed by atoms with Crippen molar-refractivity contribution in [3.05, 3.63) is 435 Å². The van der Waals surface area contributed by atoms with Crippen molar-refractivity contribution < 1.29 is 0 Å². The summed E-state index contributed by atoms with van der Waals surface area (Å²) in [4.78, 5) is 12.0. The number of para-hydroxylation sites is 7. The van der Waals surface area contributed by atoms with E-state index in [-0.39, 0.29) is 0 Å². The number of aryl methyl sites for hydroxylation is 1. The molecule has 18 aromatic carbocycles. The number of allylic oxidation sites excluding steroid dienone is 4. The first kappa shape index (κ1) is 70.5. The summed E-state index contributed by atoms with van der Waals surface area (Å²) < 4.78 is 12.2. The lowest BCUT2D eigenvalue weighted by Gasteiger charge is -2.19. The highest BCUT2D eigenvalue weighted by Crippen LogP contribution is 2.54. The number of hydrogen-bond acceptors (Lipinski definition) is 2. The molecule has 0 saturated carbocycles. The molecule has 7 heteroatoms. The largest absolute Gasteiger partial charge is 0.310 e. The van der Waals surface area contributed by atoms with E-state index in [0.717, 1.165) is 138 Å². The summed E-state index contributed by atoms with van der Waals surface area (Å²) in [5, 5.41) is 14.5. The van der Waals surface area contributed by atoms with Gasteiger partial charge < -0.3 is 22.8 Å². The van der Waals surface area contributed by atoms with Gasteiger partial charge in [-0.15, -0.1) is 0 Å². The first-order valence-corrected chi connectivity index (χ1v) is 44.1. The highest BCUT2D eigenvalue weighted by molar-refractivity contribution is 6.22. The molecule has 126 heavy (non-hydrogen) atoms. The summed E-state index contributed by atoms with van der Waals surface area (Å²) in [7, 11) is 0. The molecule has 0 N–H and O–H groups in total. The van der Waals surface area contributed by atoms with Crippen molar-refractivity contribution >= 4 is 131 Å². The summed E-state index contributed by atoms with van der Waals surface area (Å²) in [5.41, 5.74) is 38.5. The molecule has 1 atom stereocenters. The predicted octanol–water partition coefficient (Wildman–Crippen LogP) is 30.9. The van der Waals surface area contributed by atoms with Gasteiger partial charge in [-0.25, -0.2) is 9.97 Å². The fraction of sp³-hybridized carbons (Fsp3) is 0.0420. The van der Waals surface area contributed by atoms with E-state index in [1.807, 2.05) is 0 Å². The van der Waals surface area contributed by atoms with Crippen LogP contribution in [0, 0.1) is 0 Å². The summed E-state index contributed by atoms with van der Waals surface area (Å²) in [6, 6.07) is 149. The molecule has 3 aliphatic carbocycles. The van der Waals surface area contributed by atoms with Crippen LogP contribution in [0.4, 0.5) is 0 Å². The van der Waals surface area contributed by atoms with E-state index in [2.05, 4.69) is 435 Å². The Hall–Kier alpha value is -16.2. The zero-order valence-corrected chi connectivity index (χ0v) is 68.8. The maximum absolute atomic E-state index is 6.02. The van der Waals surface area contributed by atoms with E-state index in [1.54, 1.807) is 0 Å². The van der Waals surface area contributed by atoms with Crippen LogP contribution in [-0.4, -0.2) is 32.8 Å². The van der Waals surface area contributed by atoms with Gasteiger partial charge in [0, 0.05) is 110 Å². The minimum atomic E-state index is 0.331. The molecule has 0 spiro atoms. The monoisotopic (exact) mass is 1600 g/mol. The highest BCUT2D eigenvalue weighted by Gasteiger charge is 2.33. The Bertz CT molecular complexity index is 8840. The van der Waals surface area contributed by atoms with Crippen LogP contribution in [0.2, 0.25) is 0 Å². The van der Waals surface area contributed by atoms with E-state index >= 15 is 0 Å². The van der Waals surface area contributed by atoms with Gasteiger partial charge in [-0.3, -0.25) is 0 Å². The Morgan fingerprint density at radius 2 is 0.667 bits per heavy atom. The zero-order chi connectivity index (χ0) is 82.3. The molecule has 6 heterocycles. The molecule has 0 aliphatic heterocycles. The van der Waals surface area contributed by atoms with Crippen molar-refractivity contribution in [3.63, 3.8) is 0 Å².